The molecule has 0 aliphatic rings. The monoisotopic (exact) mass is 129 g/mol. The van der Waals surface area contributed by atoms with Gasteiger partial charge in [0, 0.05) is 0 Å². The van der Waals surface area contributed by atoms with E-state index in [0.717, 1.165) is 0 Å². The SMILES string of the molecule is [Li+].[O-2].[O-2].[Zr+4]. The minimum atomic E-state index is 0. The molecule has 4 heavy (non-hydrogen) atoms. The van der Waals surface area contributed by atoms with E-state index >= 15 is 0 Å². The van der Waals surface area contributed by atoms with E-state index in [1.165, 1.54) is 0 Å². The van der Waals surface area contributed by atoms with Crippen LogP contribution in [0.3, 0.4) is 0 Å². The fourth-order valence-electron chi connectivity index (χ4n) is 0. The molecule has 0 saturated heterocycles. The van der Waals surface area contributed by atoms with E-state index in [9.17, 15) is 0 Å². The van der Waals surface area contributed by atoms with Crippen LogP contribution < -0.4 is 18.9 Å². The average Bonchev–Trinajstić information content (AvgIpc) is 0. The van der Waals surface area contributed by atoms with Crippen LogP contribution in [0.4, 0.5) is 0 Å². The molecule has 0 N–H and O–H groups in total. The topological polar surface area (TPSA) is 57.0 Å². The number of hydrogen-bond acceptors (Lipinski definition) is 0. The summed E-state index contributed by atoms with van der Waals surface area (Å²) in [6, 6.07) is 0. The summed E-state index contributed by atoms with van der Waals surface area (Å²) in [4.78, 5) is 0. The largest absolute Gasteiger partial charge is 4.00 e. The summed E-state index contributed by atoms with van der Waals surface area (Å²) in [5.41, 5.74) is 0. The molecule has 0 aromatic carbocycles. The zero-order valence-corrected chi connectivity index (χ0v) is 4.77. The Hall–Kier alpha value is 1.40. The summed E-state index contributed by atoms with van der Waals surface area (Å²) in [6.07, 6.45) is 0. The van der Waals surface area contributed by atoms with Crippen molar-refractivity contribution in [3.63, 3.8) is 0 Å². The van der Waals surface area contributed by atoms with E-state index in [1.807, 2.05) is 0 Å². The fourth-order valence-corrected chi connectivity index (χ4v) is 0. The second-order valence-electron chi connectivity index (χ2n) is 0. The van der Waals surface area contributed by atoms with Crippen molar-refractivity contribution < 1.29 is 56.0 Å². The molecule has 0 atom stereocenters. The van der Waals surface area contributed by atoms with Crippen molar-refractivity contribution in [3.8, 4) is 0 Å². The van der Waals surface area contributed by atoms with Gasteiger partial charge < -0.3 is 11.0 Å². The number of hydrogen-bond donors (Lipinski definition) is 0. The molecule has 0 aromatic heterocycles. The molecule has 0 aromatic rings. The quantitative estimate of drug-likeness (QED) is 0.309. The minimum absolute atomic E-state index is 0. The third-order valence-electron chi connectivity index (χ3n) is 0. The molecule has 0 saturated carbocycles. The third-order valence-corrected chi connectivity index (χ3v) is 0. The van der Waals surface area contributed by atoms with Crippen molar-refractivity contribution in [2.75, 3.05) is 0 Å². The maximum Gasteiger partial charge on any atom is 4.00 e. The molecule has 0 aliphatic heterocycles. The molecule has 0 amide bonds. The first-order valence-corrected chi connectivity index (χ1v) is 0. The van der Waals surface area contributed by atoms with E-state index in [2.05, 4.69) is 0 Å². The van der Waals surface area contributed by atoms with Crippen LogP contribution in [0, 0.1) is 0 Å². The molecule has 0 rings (SSSR count). The molecule has 16 valence electrons. The van der Waals surface area contributed by atoms with Crippen LogP contribution in [0.25, 0.3) is 0 Å². The molecule has 0 fully saturated rings. The summed E-state index contributed by atoms with van der Waals surface area (Å²) in [5.74, 6) is 0. The van der Waals surface area contributed by atoms with Gasteiger partial charge in [0.15, 0.2) is 0 Å². The Balaban J connectivity index is 0. The third kappa shape index (κ3) is 9.99. The Morgan fingerprint density at radius 1 is 0.750 bits per heavy atom. The van der Waals surface area contributed by atoms with Crippen molar-refractivity contribution in [1.82, 2.24) is 0 Å². The second-order valence-corrected chi connectivity index (χ2v) is 0. The smallest absolute Gasteiger partial charge is 2.00 e. The van der Waals surface area contributed by atoms with Crippen LogP contribution in [0.5, 0.6) is 0 Å². The standard InChI is InChI=1S/Li.2O.Zr/q+1;2*-2;+4. The van der Waals surface area contributed by atoms with Crippen molar-refractivity contribution >= 4 is 0 Å². The Labute approximate surface area is 55.9 Å². The average molecular weight is 130 g/mol. The van der Waals surface area contributed by atoms with E-state index < -0.39 is 0 Å². The van der Waals surface area contributed by atoms with Crippen LogP contribution in [0.15, 0.2) is 0 Å². The first-order chi connectivity index (χ1) is 0. The molecule has 0 unspecified atom stereocenters. The second kappa shape index (κ2) is 25.9. The maximum atomic E-state index is 0. The Kier molecular flexibility index (Phi) is 346. The van der Waals surface area contributed by atoms with E-state index in [0.29, 0.717) is 0 Å². The zero-order valence-electron chi connectivity index (χ0n) is 2.32. The first kappa shape index (κ1) is 53.3. The molecule has 0 spiro atoms. The van der Waals surface area contributed by atoms with Gasteiger partial charge in [-0.1, -0.05) is 0 Å². The van der Waals surface area contributed by atoms with Crippen molar-refractivity contribution in [2.24, 2.45) is 0 Å². The number of rotatable bonds is 0. The Morgan fingerprint density at radius 3 is 0.750 bits per heavy atom. The van der Waals surface area contributed by atoms with Gasteiger partial charge in [0.2, 0.25) is 0 Å². The summed E-state index contributed by atoms with van der Waals surface area (Å²) in [7, 11) is 0. The molecule has 2 nitrogen and oxygen atoms in total. The first-order valence-electron chi connectivity index (χ1n) is 0. The van der Waals surface area contributed by atoms with Crippen LogP contribution in [0.2, 0.25) is 0 Å². The summed E-state index contributed by atoms with van der Waals surface area (Å²) < 4.78 is 0. The van der Waals surface area contributed by atoms with E-state index in [4.69, 9.17) is 0 Å². The van der Waals surface area contributed by atoms with Gasteiger partial charge in [-0.15, -0.1) is 0 Å². The molecule has 0 aliphatic carbocycles. The van der Waals surface area contributed by atoms with Crippen LogP contribution >= 0.6 is 0 Å². The van der Waals surface area contributed by atoms with Gasteiger partial charge in [0.05, 0.1) is 0 Å². The van der Waals surface area contributed by atoms with Gasteiger partial charge in [-0.05, 0) is 0 Å². The molecule has 0 bridgehead atoms. The molecule has 0 radical (unpaired) electrons. The molecular weight excluding hydrogens is 130 g/mol. The normalized spacial score (nSPS) is 0. The van der Waals surface area contributed by atoms with Gasteiger partial charge in [0.1, 0.15) is 0 Å². The van der Waals surface area contributed by atoms with Gasteiger partial charge >= 0.3 is 45.1 Å². The molecule has 4 heteroatoms. The van der Waals surface area contributed by atoms with Crippen molar-refractivity contribution in [1.29, 1.82) is 0 Å². The van der Waals surface area contributed by atoms with Crippen LogP contribution in [-0.4, -0.2) is 0 Å². The van der Waals surface area contributed by atoms with Crippen molar-refractivity contribution in [3.05, 3.63) is 0 Å². The van der Waals surface area contributed by atoms with Gasteiger partial charge in [0.25, 0.3) is 0 Å². The predicted molar refractivity (Wildman–Crippen MR) is 1.37 cm³/mol. The summed E-state index contributed by atoms with van der Waals surface area (Å²) in [6.45, 7) is 0. The predicted octanol–water partition coefficient (Wildman–Crippen LogP) is -3.24. The maximum absolute atomic E-state index is 0. The fraction of sp³-hybridized carbons (Fsp3) is 0. The Bertz CT molecular complexity index is 6.00. The van der Waals surface area contributed by atoms with E-state index in [-0.39, 0.29) is 56.0 Å². The molecule has 0 heterocycles. The Morgan fingerprint density at radius 2 is 0.750 bits per heavy atom. The van der Waals surface area contributed by atoms with Crippen LogP contribution in [-0.2, 0) is 37.2 Å². The minimum Gasteiger partial charge on any atom is -2.00 e. The van der Waals surface area contributed by atoms with Crippen LogP contribution in [0.1, 0.15) is 0 Å². The molecular formula is LiO2Zr+. The van der Waals surface area contributed by atoms with E-state index in [1.54, 1.807) is 0 Å². The van der Waals surface area contributed by atoms with Gasteiger partial charge in [-0.25, -0.2) is 0 Å². The zero-order chi connectivity index (χ0) is 0. The van der Waals surface area contributed by atoms with Gasteiger partial charge in [-0.2, -0.15) is 0 Å². The van der Waals surface area contributed by atoms with Gasteiger partial charge in [-0.3, -0.25) is 0 Å². The summed E-state index contributed by atoms with van der Waals surface area (Å²) >= 11 is 0. The summed E-state index contributed by atoms with van der Waals surface area (Å²) in [5, 5.41) is 0. The van der Waals surface area contributed by atoms with Crippen molar-refractivity contribution in [2.45, 2.75) is 0 Å².